The van der Waals surface area contributed by atoms with Gasteiger partial charge in [0.1, 0.15) is 5.60 Å². The van der Waals surface area contributed by atoms with Crippen molar-refractivity contribution >= 4 is 0 Å². The predicted octanol–water partition coefficient (Wildman–Crippen LogP) is 5.10. The number of aliphatic hydroxyl groups is 1. The molecule has 0 unspecified atom stereocenters. The van der Waals surface area contributed by atoms with E-state index in [-0.39, 0.29) is 5.60 Å². The van der Waals surface area contributed by atoms with Crippen LogP contribution in [0.3, 0.4) is 0 Å². The third-order valence-electron chi connectivity index (χ3n) is 8.26. The van der Waals surface area contributed by atoms with Crippen LogP contribution >= 0.6 is 0 Å². The van der Waals surface area contributed by atoms with E-state index < -0.39 is 11.2 Å². The first-order valence-electron chi connectivity index (χ1n) is 9.46. The largest absolute Gasteiger partial charge is 0.383 e. The van der Waals surface area contributed by atoms with Crippen molar-refractivity contribution < 1.29 is 9.84 Å². The maximum atomic E-state index is 10.9. The molecule has 2 saturated carbocycles. The van der Waals surface area contributed by atoms with Gasteiger partial charge in [-0.25, -0.2) is 0 Å². The van der Waals surface area contributed by atoms with Crippen molar-refractivity contribution in [3.63, 3.8) is 0 Å². The van der Waals surface area contributed by atoms with Crippen molar-refractivity contribution in [1.82, 2.24) is 0 Å². The lowest BCUT2D eigenvalue weighted by molar-refractivity contribution is -0.197. The Labute approximate surface area is 142 Å². The molecular formula is C21H36O2. The SMILES string of the molecule is C=C[C@@](C)(O)[C@@]1(C)C[C@@H]2[C@@]3(C)CCCC(C)(C)[C@@H]3CC[C@@]2(C)O1. The summed E-state index contributed by atoms with van der Waals surface area (Å²) in [5.41, 5.74) is -0.879. The van der Waals surface area contributed by atoms with E-state index in [0.717, 1.165) is 18.8 Å². The first-order chi connectivity index (χ1) is 10.4. The second-order valence-electron chi connectivity index (χ2n) is 10.2. The molecule has 3 rings (SSSR count). The first kappa shape index (κ1) is 17.5. The van der Waals surface area contributed by atoms with Crippen molar-refractivity contribution in [2.45, 2.75) is 96.9 Å². The topological polar surface area (TPSA) is 29.5 Å². The third-order valence-corrected chi connectivity index (χ3v) is 8.26. The van der Waals surface area contributed by atoms with Crippen molar-refractivity contribution in [3.8, 4) is 0 Å². The van der Waals surface area contributed by atoms with E-state index in [2.05, 4.69) is 41.2 Å². The highest BCUT2D eigenvalue weighted by Gasteiger charge is 2.66. The molecule has 1 saturated heterocycles. The van der Waals surface area contributed by atoms with Gasteiger partial charge in [-0.15, -0.1) is 6.58 Å². The Balaban J connectivity index is 2.00. The van der Waals surface area contributed by atoms with Crippen LogP contribution < -0.4 is 0 Å². The van der Waals surface area contributed by atoms with Gasteiger partial charge >= 0.3 is 0 Å². The molecule has 0 radical (unpaired) electrons. The summed E-state index contributed by atoms with van der Waals surface area (Å²) in [6, 6.07) is 0. The fourth-order valence-corrected chi connectivity index (χ4v) is 6.65. The van der Waals surface area contributed by atoms with Crippen molar-refractivity contribution in [3.05, 3.63) is 12.7 Å². The molecule has 0 aromatic heterocycles. The molecule has 0 amide bonds. The quantitative estimate of drug-likeness (QED) is 0.717. The predicted molar refractivity (Wildman–Crippen MR) is 95.3 cm³/mol. The highest BCUT2D eigenvalue weighted by molar-refractivity contribution is 5.18. The second kappa shape index (κ2) is 4.85. The molecule has 3 aliphatic rings. The van der Waals surface area contributed by atoms with E-state index in [1.165, 1.54) is 25.7 Å². The Bertz CT molecular complexity index is 508. The molecule has 2 aliphatic carbocycles. The fraction of sp³-hybridized carbons (Fsp3) is 0.905. The molecule has 0 aromatic carbocycles. The molecule has 1 heterocycles. The highest BCUT2D eigenvalue weighted by atomic mass is 16.5. The van der Waals surface area contributed by atoms with E-state index in [1.807, 2.05) is 6.92 Å². The Morgan fingerprint density at radius 1 is 1.09 bits per heavy atom. The smallest absolute Gasteiger partial charge is 0.108 e. The molecule has 2 nitrogen and oxygen atoms in total. The van der Waals surface area contributed by atoms with Gasteiger partial charge in [-0.3, -0.25) is 0 Å². The third kappa shape index (κ3) is 2.28. The average molecular weight is 321 g/mol. The van der Waals surface area contributed by atoms with Crippen LogP contribution in [0.5, 0.6) is 0 Å². The number of hydrogen-bond acceptors (Lipinski definition) is 2. The zero-order valence-corrected chi connectivity index (χ0v) is 16.0. The van der Waals surface area contributed by atoms with Crippen molar-refractivity contribution in [1.29, 1.82) is 0 Å². The lowest BCUT2D eigenvalue weighted by Gasteiger charge is -2.60. The number of fused-ring (bicyclic) bond motifs is 3. The Morgan fingerprint density at radius 3 is 2.35 bits per heavy atom. The molecule has 0 aromatic rings. The summed E-state index contributed by atoms with van der Waals surface area (Å²) >= 11 is 0. The number of ether oxygens (including phenoxy) is 1. The molecule has 0 bridgehead atoms. The lowest BCUT2D eigenvalue weighted by Crippen LogP contribution is -2.55. The Morgan fingerprint density at radius 2 is 1.74 bits per heavy atom. The molecule has 3 fully saturated rings. The number of hydrogen-bond donors (Lipinski definition) is 1. The van der Waals surface area contributed by atoms with E-state index in [0.29, 0.717) is 16.7 Å². The van der Waals surface area contributed by atoms with Gasteiger partial charge in [-0.1, -0.05) is 33.3 Å². The van der Waals surface area contributed by atoms with Crippen LogP contribution in [-0.4, -0.2) is 21.9 Å². The second-order valence-corrected chi connectivity index (χ2v) is 10.2. The first-order valence-corrected chi connectivity index (χ1v) is 9.46. The molecule has 23 heavy (non-hydrogen) atoms. The van der Waals surface area contributed by atoms with Crippen LogP contribution in [0.25, 0.3) is 0 Å². The van der Waals surface area contributed by atoms with E-state index in [9.17, 15) is 5.11 Å². The van der Waals surface area contributed by atoms with Crippen molar-refractivity contribution in [2.24, 2.45) is 22.7 Å². The van der Waals surface area contributed by atoms with Crippen molar-refractivity contribution in [2.75, 3.05) is 0 Å². The minimum absolute atomic E-state index is 0.111. The Hall–Kier alpha value is -0.340. The van der Waals surface area contributed by atoms with Gasteiger partial charge in [0.15, 0.2) is 0 Å². The normalized spacial score (nSPS) is 51.4. The molecule has 1 aliphatic heterocycles. The van der Waals surface area contributed by atoms with E-state index in [1.54, 1.807) is 6.08 Å². The molecular weight excluding hydrogens is 284 g/mol. The summed E-state index contributed by atoms with van der Waals surface area (Å²) in [6.45, 7) is 17.5. The van der Waals surface area contributed by atoms with Crippen LogP contribution in [0.2, 0.25) is 0 Å². The van der Waals surface area contributed by atoms with Crippen LogP contribution in [0, 0.1) is 22.7 Å². The molecule has 1 N–H and O–H groups in total. The maximum Gasteiger partial charge on any atom is 0.108 e. The zero-order chi connectivity index (χ0) is 17.3. The molecule has 0 spiro atoms. The maximum absolute atomic E-state index is 10.9. The van der Waals surface area contributed by atoms with Gasteiger partial charge in [-0.05, 0) is 75.5 Å². The minimum atomic E-state index is -0.983. The van der Waals surface area contributed by atoms with E-state index in [4.69, 9.17) is 4.74 Å². The average Bonchev–Trinajstić information content (AvgIpc) is 2.72. The summed E-state index contributed by atoms with van der Waals surface area (Å²) in [5.74, 6) is 1.28. The van der Waals surface area contributed by atoms with Crippen LogP contribution in [0.4, 0.5) is 0 Å². The standard InChI is InChI=1S/C21H36O2/c1-8-20(6,22)21(7)14-16-18(4)12-9-11-17(2,3)15(18)10-13-19(16,5)23-21/h8,15-16,22H,1,9-14H2,2-7H3/t15-,16+,18-,19+,20+,21+/m0/s1. The molecule has 2 heteroatoms. The van der Waals surface area contributed by atoms with Gasteiger partial charge in [0.05, 0.1) is 11.2 Å². The number of rotatable bonds is 2. The fourth-order valence-electron chi connectivity index (χ4n) is 6.65. The zero-order valence-electron chi connectivity index (χ0n) is 16.0. The van der Waals surface area contributed by atoms with Crippen LogP contribution in [0.15, 0.2) is 12.7 Å². The monoisotopic (exact) mass is 320 g/mol. The van der Waals surface area contributed by atoms with Gasteiger partial charge < -0.3 is 9.84 Å². The summed E-state index contributed by atoms with van der Waals surface area (Å²) in [7, 11) is 0. The minimum Gasteiger partial charge on any atom is -0.383 e. The summed E-state index contributed by atoms with van der Waals surface area (Å²) in [5, 5.41) is 10.9. The summed E-state index contributed by atoms with van der Waals surface area (Å²) in [6.07, 6.45) is 8.94. The lowest BCUT2D eigenvalue weighted by atomic mass is 9.45. The molecule has 6 atom stereocenters. The summed E-state index contributed by atoms with van der Waals surface area (Å²) in [4.78, 5) is 0. The van der Waals surface area contributed by atoms with Gasteiger partial charge in [-0.2, -0.15) is 0 Å². The summed E-state index contributed by atoms with van der Waals surface area (Å²) < 4.78 is 6.66. The van der Waals surface area contributed by atoms with Crippen LogP contribution in [0.1, 0.15) is 80.1 Å². The van der Waals surface area contributed by atoms with Gasteiger partial charge in [0.25, 0.3) is 0 Å². The van der Waals surface area contributed by atoms with Gasteiger partial charge in [0, 0.05) is 0 Å². The highest BCUT2D eigenvalue weighted by Crippen LogP contribution is 2.67. The van der Waals surface area contributed by atoms with Gasteiger partial charge in [0.2, 0.25) is 0 Å². The van der Waals surface area contributed by atoms with E-state index >= 15 is 0 Å². The Kier molecular flexibility index (Phi) is 3.69. The van der Waals surface area contributed by atoms with Crippen LogP contribution in [-0.2, 0) is 4.74 Å². The molecule has 132 valence electrons.